The summed E-state index contributed by atoms with van der Waals surface area (Å²) in [4.78, 5) is 8.99. The van der Waals surface area contributed by atoms with Crippen LogP contribution in [0.4, 0.5) is 5.82 Å². The molecule has 0 spiro atoms. The molecule has 2 aliphatic rings. The number of nitrogens with two attached hydrogens (primary N) is 1. The van der Waals surface area contributed by atoms with Gasteiger partial charge in [0.1, 0.15) is 17.8 Å². The van der Waals surface area contributed by atoms with Crippen LogP contribution in [0.25, 0.3) is 11.0 Å². The Morgan fingerprint density at radius 2 is 2.03 bits per heavy atom. The van der Waals surface area contributed by atoms with Crippen LogP contribution in [-0.2, 0) is 16.6 Å². The third-order valence-electron chi connectivity index (χ3n) is 6.53. The van der Waals surface area contributed by atoms with Gasteiger partial charge in [0.25, 0.3) is 10.2 Å². The third kappa shape index (κ3) is 4.03. The molecule has 2 aromatic heterocycles. The van der Waals surface area contributed by atoms with E-state index in [1.165, 1.54) is 11.1 Å². The van der Waals surface area contributed by atoms with Gasteiger partial charge in [0.2, 0.25) is 0 Å². The van der Waals surface area contributed by atoms with Crippen molar-refractivity contribution in [1.29, 1.82) is 0 Å². The monoisotopic (exact) mass is 442 g/mol. The predicted octanol–water partition coefficient (Wildman–Crippen LogP) is 1.64. The zero-order chi connectivity index (χ0) is 21.6. The molecule has 1 saturated carbocycles. The second-order valence-electron chi connectivity index (χ2n) is 8.46. The molecular weight excluding hydrogens is 416 g/mol. The summed E-state index contributed by atoms with van der Waals surface area (Å²) < 4.78 is 26.7. The van der Waals surface area contributed by atoms with Crippen LogP contribution < -0.4 is 15.2 Å². The number of hydrogen-bond acceptors (Lipinski definition) is 6. The van der Waals surface area contributed by atoms with E-state index >= 15 is 0 Å². The summed E-state index contributed by atoms with van der Waals surface area (Å²) in [7, 11) is -3.78. The lowest BCUT2D eigenvalue weighted by Crippen LogP contribution is -2.36. The Morgan fingerprint density at radius 3 is 2.87 bits per heavy atom. The number of rotatable bonds is 6. The van der Waals surface area contributed by atoms with Crippen LogP contribution in [-0.4, -0.2) is 40.7 Å². The van der Waals surface area contributed by atoms with Crippen LogP contribution >= 0.6 is 0 Å². The summed E-state index contributed by atoms with van der Waals surface area (Å²) >= 11 is 0. The Bertz CT molecular complexity index is 1210. The van der Waals surface area contributed by atoms with E-state index in [1.807, 2.05) is 12.3 Å². The van der Waals surface area contributed by atoms with Crippen molar-refractivity contribution in [3.63, 3.8) is 0 Å². The smallest absolute Gasteiger partial charge is 0.274 e. The van der Waals surface area contributed by atoms with Crippen molar-refractivity contribution in [3.05, 3.63) is 54.0 Å². The summed E-state index contributed by atoms with van der Waals surface area (Å²) in [5, 5.41) is 20.0. The molecular formula is C21H26N6O3S. The summed E-state index contributed by atoms with van der Waals surface area (Å²) in [6, 6.07) is 10.7. The lowest BCUT2D eigenvalue weighted by molar-refractivity contribution is 0.133. The number of hydrogen-bond donors (Lipinski definition) is 4. The highest BCUT2D eigenvalue weighted by Crippen LogP contribution is 2.38. The summed E-state index contributed by atoms with van der Waals surface area (Å²) in [6.07, 6.45) is 6.18. The van der Waals surface area contributed by atoms with Crippen molar-refractivity contribution in [2.24, 2.45) is 11.1 Å². The molecule has 5 rings (SSSR count). The van der Waals surface area contributed by atoms with Crippen molar-refractivity contribution >= 4 is 27.1 Å². The minimum atomic E-state index is -3.78. The van der Waals surface area contributed by atoms with E-state index in [-0.39, 0.29) is 24.5 Å². The van der Waals surface area contributed by atoms with Crippen LogP contribution in [0.15, 0.2) is 42.9 Å². The van der Waals surface area contributed by atoms with Gasteiger partial charge in [-0.1, -0.05) is 24.3 Å². The number of anilines is 1. The topological polar surface area (TPSA) is 135 Å². The largest absolute Gasteiger partial charge is 0.393 e. The van der Waals surface area contributed by atoms with E-state index in [0.29, 0.717) is 12.8 Å². The number of aliphatic hydroxyl groups excluding tert-OH is 1. The predicted molar refractivity (Wildman–Crippen MR) is 118 cm³/mol. The quantitative estimate of drug-likeness (QED) is 0.458. The molecule has 0 unspecified atom stereocenters. The molecule has 2 heterocycles. The fraction of sp³-hybridized carbons (Fsp3) is 0.429. The van der Waals surface area contributed by atoms with E-state index in [0.717, 1.165) is 29.7 Å². The van der Waals surface area contributed by atoms with E-state index in [4.69, 9.17) is 5.14 Å². The number of aryl methyl sites for hydroxylation is 1. The molecule has 1 aromatic carbocycles. The van der Waals surface area contributed by atoms with Crippen LogP contribution in [0.5, 0.6) is 0 Å². The van der Waals surface area contributed by atoms with Crippen molar-refractivity contribution in [2.75, 3.05) is 11.9 Å². The molecule has 0 saturated heterocycles. The molecule has 2 aliphatic carbocycles. The highest BCUT2D eigenvalue weighted by Gasteiger charge is 2.35. The molecule has 5 N–H and O–H groups in total. The first-order valence-electron chi connectivity index (χ1n) is 10.5. The third-order valence-corrected chi connectivity index (χ3v) is 7.09. The van der Waals surface area contributed by atoms with E-state index < -0.39 is 16.3 Å². The van der Waals surface area contributed by atoms with Gasteiger partial charge in [0.15, 0.2) is 0 Å². The van der Waals surface area contributed by atoms with Crippen molar-refractivity contribution in [1.82, 2.24) is 19.3 Å². The molecule has 9 nitrogen and oxygen atoms in total. The molecule has 0 radical (unpaired) electrons. The average Bonchev–Trinajstić information content (AvgIpc) is 3.43. The first kappa shape index (κ1) is 20.4. The zero-order valence-corrected chi connectivity index (χ0v) is 17.8. The van der Waals surface area contributed by atoms with Gasteiger partial charge < -0.3 is 15.0 Å². The number of aromatic nitrogens is 3. The molecule has 10 heteroatoms. The van der Waals surface area contributed by atoms with Gasteiger partial charge in [0.05, 0.1) is 17.5 Å². The minimum Gasteiger partial charge on any atom is -0.393 e. The Labute approximate surface area is 180 Å². The molecule has 164 valence electrons. The second kappa shape index (κ2) is 7.86. The molecule has 0 bridgehead atoms. The number of nitrogens with one attached hydrogen (secondary N) is 2. The summed E-state index contributed by atoms with van der Waals surface area (Å²) in [6.45, 7) is 0.124. The van der Waals surface area contributed by atoms with E-state index in [2.05, 4.69) is 48.8 Å². The molecule has 31 heavy (non-hydrogen) atoms. The van der Waals surface area contributed by atoms with E-state index in [9.17, 15) is 13.5 Å². The zero-order valence-electron chi connectivity index (χ0n) is 17.0. The van der Waals surface area contributed by atoms with Gasteiger partial charge in [-0.05, 0) is 42.9 Å². The fourth-order valence-corrected chi connectivity index (χ4v) is 5.44. The maximum atomic E-state index is 11.2. The molecule has 1 fully saturated rings. The van der Waals surface area contributed by atoms with Gasteiger partial charge in [-0.25, -0.2) is 19.8 Å². The van der Waals surface area contributed by atoms with Crippen LogP contribution in [0.2, 0.25) is 0 Å². The van der Waals surface area contributed by atoms with Gasteiger partial charge in [-0.3, -0.25) is 0 Å². The maximum Gasteiger partial charge on any atom is 0.274 e. The van der Waals surface area contributed by atoms with Crippen LogP contribution in [0, 0.1) is 5.92 Å². The van der Waals surface area contributed by atoms with Gasteiger partial charge in [0, 0.05) is 24.7 Å². The minimum absolute atomic E-state index is 0.0229. The SMILES string of the molecule is NS(=O)(=O)NC[C@@H]1C[C@@H](n2ccc3c(N[C@@H]4CCc5ccccc54)ncnc32)C[C@@H]1O. The number of aliphatic hydroxyl groups is 1. The Hall–Kier alpha value is -2.53. The summed E-state index contributed by atoms with van der Waals surface area (Å²) in [5.74, 6) is 0.603. The second-order valence-corrected chi connectivity index (χ2v) is 9.84. The number of fused-ring (bicyclic) bond motifs is 2. The fourth-order valence-electron chi connectivity index (χ4n) is 5.00. The molecule has 0 aliphatic heterocycles. The Kier molecular flexibility index (Phi) is 5.17. The standard InChI is InChI=1S/C21H26N6O3S/c22-31(29,30)25-11-14-9-15(10-19(14)28)27-8-7-17-20(23-12-24-21(17)27)26-18-6-5-13-3-1-2-4-16(13)18/h1-4,7-8,12,14-15,18-19,25,28H,5-6,9-11H2,(H2,22,29,30)(H,23,24,26)/t14-,15+,18+,19-/m0/s1. The van der Waals surface area contributed by atoms with Crippen molar-refractivity contribution < 1.29 is 13.5 Å². The number of benzene rings is 1. The first-order valence-corrected chi connectivity index (χ1v) is 12.0. The highest BCUT2D eigenvalue weighted by atomic mass is 32.2. The lowest BCUT2D eigenvalue weighted by Gasteiger charge is -2.16. The maximum absolute atomic E-state index is 11.2. The molecule has 4 atom stereocenters. The average molecular weight is 443 g/mol. The molecule has 3 aromatic rings. The van der Waals surface area contributed by atoms with Crippen LogP contribution in [0.3, 0.4) is 0 Å². The first-order chi connectivity index (χ1) is 14.9. The van der Waals surface area contributed by atoms with Crippen LogP contribution in [0.1, 0.15) is 42.5 Å². The Balaban J connectivity index is 1.37. The highest BCUT2D eigenvalue weighted by molar-refractivity contribution is 7.87. The summed E-state index contributed by atoms with van der Waals surface area (Å²) in [5.41, 5.74) is 3.50. The van der Waals surface area contributed by atoms with Crippen molar-refractivity contribution in [3.8, 4) is 0 Å². The van der Waals surface area contributed by atoms with Gasteiger partial charge in [-0.15, -0.1) is 0 Å². The Morgan fingerprint density at radius 1 is 1.19 bits per heavy atom. The molecule has 0 amide bonds. The van der Waals surface area contributed by atoms with Crippen molar-refractivity contribution in [2.45, 2.75) is 43.9 Å². The lowest BCUT2D eigenvalue weighted by atomic mass is 10.1. The number of nitrogens with zero attached hydrogens (tertiary/aromatic N) is 3. The normalized spacial score (nSPS) is 25.7. The van der Waals surface area contributed by atoms with E-state index in [1.54, 1.807) is 6.33 Å². The van der Waals surface area contributed by atoms with Gasteiger partial charge in [-0.2, -0.15) is 8.42 Å². The van der Waals surface area contributed by atoms with Gasteiger partial charge >= 0.3 is 0 Å².